The summed E-state index contributed by atoms with van der Waals surface area (Å²) in [4.78, 5) is 0. The van der Waals surface area contributed by atoms with E-state index in [0.29, 0.717) is 0 Å². The Kier molecular flexibility index (Phi) is 5.43. The minimum absolute atomic E-state index is 0.866. The van der Waals surface area contributed by atoms with Gasteiger partial charge in [-0.2, -0.15) is 0 Å². The van der Waals surface area contributed by atoms with Crippen LogP contribution >= 0.6 is 15.9 Å². The lowest BCUT2D eigenvalue weighted by Crippen LogP contribution is -2.05. The Balaban J connectivity index is 2.65. The van der Waals surface area contributed by atoms with Gasteiger partial charge >= 0.3 is 0 Å². The zero-order chi connectivity index (χ0) is 11.1. The van der Waals surface area contributed by atoms with E-state index in [4.69, 9.17) is 4.74 Å². The average Bonchev–Trinajstić information content (AvgIpc) is 2.26. The molecule has 0 aliphatic heterocycles. The molecule has 0 aliphatic carbocycles. The lowest BCUT2D eigenvalue weighted by Gasteiger charge is -2.03. The molecule has 0 amide bonds. The molecule has 0 bridgehead atoms. The molecule has 0 fully saturated rings. The second-order valence-corrected chi connectivity index (χ2v) is 4.04. The second-order valence-electron chi connectivity index (χ2n) is 3.19. The van der Waals surface area contributed by atoms with E-state index in [1.54, 1.807) is 7.11 Å². The van der Waals surface area contributed by atoms with Gasteiger partial charge in [0.15, 0.2) is 0 Å². The molecular weight excluding hydrogens is 254 g/mol. The molecule has 0 spiro atoms. The van der Waals surface area contributed by atoms with Gasteiger partial charge in [-0.05, 0) is 53.6 Å². The van der Waals surface area contributed by atoms with Gasteiger partial charge in [0, 0.05) is 0 Å². The van der Waals surface area contributed by atoms with Crippen LogP contribution in [-0.4, -0.2) is 20.7 Å². The van der Waals surface area contributed by atoms with Crippen LogP contribution in [0.5, 0.6) is 5.75 Å². The van der Waals surface area contributed by atoms with Crippen LogP contribution in [-0.2, 0) is 0 Å². The Morgan fingerprint density at radius 1 is 1.47 bits per heavy atom. The van der Waals surface area contributed by atoms with Crippen LogP contribution in [0.4, 0.5) is 0 Å². The number of halogens is 1. The highest BCUT2D eigenvalue weighted by Gasteiger charge is 1.98. The Labute approximate surface area is 99.5 Å². The predicted octanol–water partition coefficient (Wildman–Crippen LogP) is 3.08. The minimum Gasteiger partial charge on any atom is -0.496 e. The highest BCUT2D eigenvalue weighted by Crippen LogP contribution is 2.25. The molecule has 1 N–H and O–H groups in total. The van der Waals surface area contributed by atoms with Crippen molar-refractivity contribution in [3.05, 3.63) is 34.3 Å². The van der Waals surface area contributed by atoms with Crippen molar-refractivity contribution < 1.29 is 4.74 Å². The van der Waals surface area contributed by atoms with E-state index in [2.05, 4.69) is 39.5 Å². The number of rotatable bonds is 5. The lowest BCUT2D eigenvalue weighted by atomic mass is 10.2. The van der Waals surface area contributed by atoms with Crippen molar-refractivity contribution in [2.24, 2.45) is 0 Å². The van der Waals surface area contributed by atoms with E-state index < -0.39 is 0 Å². The second kappa shape index (κ2) is 6.64. The summed E-state index contributed by atoms with van der Waals surface area (Å²) >= 11 is 3.42. The molecule has 1 aromatic rings. The highest BCUT2D eigenvalue weighted by atomic mass is 79.9. The maximum Gasteiger partial charge on any atom is 0.133 e. The summed E-state index contributed by atoms with van der Waals surface area (Å²) in [5.74, 6) is 0.866. The molecular formula is C12H16BrNO. The number of ether oxygens (including phenoxy) is 1. The summed E-state index contributed by atoms with van der Waals surface area (Å²) in [5, 5.41) is 3.10. The minimum atomic E-state index is 0.866. The number of nitrogens with one attached hydrogen (secondary N) is 1. The molecule has 1 rings (SSSR count). The fourth-order valence-electron chi connectivity index (χ4n) is 1.23. The maximum absolute atomic E-state index is 5.22. The van der Waals surface area contributed by atoms with Crippen LogP contribution in [0.2, 0.25) is 0 Å². The van der Waals surface area contributed by atoms with Crippen molar-refractivity contribution >= 4 is 22.0 Å². The zero-order valence-corrected chi connectivity index (χ0v) is 10.7. The summed E-state index contributed by atoms with van der Waals surface area (Å²) in [7, 11) is 3.63. The standard InChI is InChI=1S/C12H16BrNO/c1-14-8-4-3-5-10-6-7-11(13)12(9-10)15-2/h3,5-7,9,14H,4,8H2,1-2H3. The molecule has 0 saturated carbocycles. The van der Waals surface area contributed by atoms with Crippen LogP contribution in [0.1, 0.15) is 12.0 Å². The summed E-state index contributed by atoms with van der Waals surface area (Å²) in [6.45, 7) is 1.00. The van der Waals surface area contributed by atoms with E-state index >= 15 is 0 Å². The molecule has 1 aromatic carbocycles. The summed E-state index contributed by atoms with van der Waals surface area (Å²) < 4.78 is 6.20. The number of benzene rings is 1. The monoisotopic (exact) mass is 269 g/mol. The fraction of sp³-hybridized carbons (Fsp3) is 0.333. The van der Waals surface area contributed by atoms with Gasteiger partial charge in [-0.1, -0.05) is 18.2 Å². The summed E-state index contributed by atoms with van der Waals surface area (Å²) in [5.41, 5.74) is 1.16. The van der Waals surface area contributed by atoms with E-state index in [9.17, 15) is 0 Å². The quantitative estimate of drug-likeness (QED) is 0.830. The first-order chi connectivity index (χ1) is 7.27. The number of methoxy groups -OCH3 is 1. The van der Waals surface area contributed by atoms with Crippen LogP contribution < -0.4 is 10.1 Å². The van der Waals surface area contributed by atoms with Gasteiger partial charge in [0.05, 0.1) is 11.6 Å². The molecule has 0 aliphatic rings. The van der Waals surface area contributed by atoms with Crippen molar-refractivity contribution in [3.63, 3.8) is 0 Å². The average molecular weight is 270 g/mol. The van der Waals surface area contributed by atoms with Gasteiger partial charge in [-0.3, -0.25) is 0 Å². The first-order valence-electron chi connectivity index (χ1n) is 4.92. The van der Waals surface area contributed by atoms with Gasteiger partial charge < -0.3 is 10.1 Å². The number of hydrogen-bond acceptors (Lipinski definition) is 2. The maximum atomic E-state index is 5.22. The molecule has 0 aromatic heterocycles. The smallest absolute Gasteiger partial charge is 0.133 e. The van der Waals surface area contributed by atoms with Gasteiger partial charge in [0.1, 0.15) is 5.75 Å². The van der Waals surface area contributed by atoms with Gasteiger partial charge in [0.25, 0.3) is 0 Å². The van der Waals surface area contributed by atoms with Crippen molar-refractivity contribution in [1.82, 2.24) is 5.32 Å². The fourth-order valence-corrected chi connectivity index (χ4v) is 1.64. The number of hydrogen-bond donors (Lipinski definition) is 1. The zero-order valence-electron chi connectivity index (χ0n) is 9.09. The van der Waals surface area contributed by atoms with Crippen LogP contribution in [0.25, 0.3) is 6.08 Å². The van der Waals surface area contributed by atoms with E-state index in [-0.39, 0.29) is 0 Å². The van der Waals surface area contributed by atoms with E-state index in [1.807, 2.05) is 19.2 Å². The van der Waals surface area contributed by atoms with Crippen molar-refractivity contribution in [2.75, 3.05) is 20.7 Å². The van der Waals surface area contributed by atoms with Gasteiger partial charge in [-0.15, -0.1) is 0 Å². The Bertz CT molecular complexity index is 336. The Hall–Kier alpha value is -0.800. The Morgan fingerprint density at radius 3 is 2.93 bits per heavy atom. The van der Waals surface area contributed by atoms with Crippen LogP contribution in [0, 0.1) is 0 Å². The van der Waals surface area contributed by atoms with E-state index in [1.165, 1.54) is 0 Å². The molecule has 0 unspecified atom stereocenters. The third kappa shape index (κ3) is 4.06. The summed E-state index contributed by atoms with van der Waals surface area (Å²) in [6, 6.07) is 6.07. The lowest BCUT2D eigenvalue weighted by molar-refractivity contribution is 0.412. The first-order valence-corrected chi connectivity index (χ1v) is 5.72. The predicted molar refractivity (Wildman–Crippen MR) is 68.3 cm³/mol. The van der Waals surface area contributed by atoms with Crippen molar-refractivity contribution in [3.8, 4) is 5.75 Å². The molecule has 3 heteroatoms. The first kappa shape index (κ1) is 12.3. The van der Waals surface area contributed by atoms with Crippen molar-refractivity contribution in [2.45, 2.75) is 6.42 Å². The topological polar surface area (TPSA) is 21.3 Å². The molecule has 0 atom stereocenters. The largest absolute Gasteiger partial charge is 0.496 e. The van der Waals surface area contributed by atoms with Gasteiger partial charge in [-0.25, -0.2) is 0 Å². The van der Waals surface area contributed by atoms with Crippen molar-refractivity contribution in [1.29, 1.82) is 0 Å². The molecule has 0 heterocycles. The third-order valence-corrected chi connectivity index (χ3v) is 2.70. The Morgan fingerprint density at radius 2 is 2.27 bits per heavy atom. The van der Waals surface area contributed by atoms with Gasteiger partial charge in [0.2, 0.25) is 0 Å². The van der Waals surface area contributed by atoms with E-state index in [0.717, 1.165) is 28.8 Å². The van der Waals surface area contributed by atoms with Crippen LogP contribution in [0.15, 0.2) is 28.7 Å². The highest BCUT2D eigenvalue weighted by molar-refractivity contribution is 9.10. The molecule has 82 valence electrons. The summed E-state index contributed by atoms with van der Waals surface area (Å²) in [6.07, 6.45) is 5.29. The third-order valence-electron chi connectivity index (χ3n) is 2.05. The normalized spacial score (nSPS) is 10.9. The molecule has 2 nitrogen and oxygen atoms in total. The molecule has 15 heavy (non-hydrogen) atoms. The van der Waals surface area contributed by atoms with Crippen LogP contribution in [0.3, 0.4) is 0 Å². The molecule has 0 saturated heterocycles. The SMILES string of the molecule is CNCCC=Cc1ccc(Br)c(OC)c1. The molecule has 0 radical (unpaired) electrons.